The Morgan fingerprint density at radius 3 is 2.64 bits per heavy atom. The lowest BCUT2D eigenvalue weighted by Crippen LogP contribution is -2.45. The number of nitrogens with one attached hydrogen (secondary N) is 2. The van der Waals surface area contributed by atoms with Crippen LogP contribution in [0.15, 0.2) is 18.3 Å². The van der Waals surface area contributed by atoms with Gasteiger partial charge in [-0.15, -0.1) is 29.9 Å². The summed E-state index contributed by atoms with van der Waals surface area (Å²) < 4.78 is 0. The minimum Gasteiger partial charge on any atom is -0.366 e. The third-order valence-corrected chi connectivity index (χ3v) is 3.66. The van der Waals surface area contributed by atoms with Gasteiger partial charge < -0.3 is 15.5 Å². The molecule has 1 fully saturated rings. The highest BCUT2D eigenvalue weighted by atomic mass is 35.5. The number of nitrogens with zero attached hydrogens (tertiary/aromatic N) is 3. The van der Waals surface area contributed by atoms with Crippen molar-refractivity contribution in [3.63, 3.8) is 0 Å². The van der Waals surface area contributed by atoms with E-state index in [1.54, 1.807) is 6.20 Å². The standard InChI is InChI=1S/C14H23N5O.2ClH/c1-11(10-15-2)14(20)19-8-5-12(6-9-19)17-13-4-3-7-16-18-13;;/h3-4,7,11-12,15H,5-6,8-10H2,1-2H3,(H,17,18);2*1H. The third-order valence-electron chi connectivity index (χ3n) is 3.66. The Balaban J connectivity index is 0.00000220. The van der Waals surface area contributed by atoms with Crippen LogP contribution in [-0.2, 0) is 4.79 Å². The second-order valence-corrected chi connectivity index (χ2v) is 5.31. The summed E-state index contributed by atoms with van der Waals surface area (Å²) >= 11 is 0. The molecule has 2 rings (SSSR count). The fraction of sp³-hybridized carbons (Fsp3) is 0.643. The highest BCUT2D eigenvalue weighted by molar-refractivity contribution is 5.85. The lowest BCUT2D eigenvalue weighted by atomic mass is 10.0. The van der Waals surface area contributed by atoms with Crippen LogP contribution < -0.4 is 10.6 Å². The quantitative estimate of drug-likeness (QED) is 0.844. The minimum atomic E-state index is 0. The molecule has 1 aliphatic heterocycles. The van der Waals surface area contributed by atoms with Crippen LogP contribution in [0.3, 0.4) is 0 Å². The zero-order valence-corrected chi connectivity index (χ0v) is 14.6. The van der Waals surface area contributed by atoms with Crippen LogP contribution in [-0.4, -0.2) is 53.7 Å². The van der Waals surface area contributed by atoms with E-state index in [9.17, 15) is 4.79 Å². The van der Waals surface area contributed by atoms with Gasteiger partial charge in [-0.2, -0.15) is 5.10 Å². The second kappa shape index (κ2) is 10.6. The number of rotatable bonds is 5. The number of anilines is 1. The number of likely N-dealkylation sites (tertiary alicyclic amines) is 1. The molecule has 0 aliphatic carbocycles. The Morgan fingerprint density at radius 2 is 2.09 bits per heavy atom. The fourth-order valence-corrected chi connectivity index (χ4v) is 2.54. The van der Waals surface area contributed by atoms with E-state index in [2.05, 4.69) is 20.8 Å². The first kappa shape index (κ1) is 20.9. The van der Waals surface area contributed by atoms with E-state index in [-0.39, 0.29) is 36.6 Å². The number of aromatic nitrogens is 2. The largest absolute Gasteiger partial charge is 0.366 e. The molecule has 1 aliphatic rings. The Hall–Kier alpha value is -1.11. The number of hydrogen-bond donors (Lipinski definition) is 2. The average Bonchev–Trinajstić information content (AvgIpc) is 2.48. The van der Waals surface area contributed by atoms with Gasteiger partial charge in [-0.3, -0.25) is 4.79 Å². The maximum Gasteiger partial charge on any atom is 0.226 e. The highest BCUT2D eigenvalue weighted by Crippen LogP contribution is 2.16. The predicted octanol–water partition coefficient (Wildman–Crippen LogP) is 1.58. The molecular formula is C14H25Cl2N5O. The molecule has 1 amide bonds. The molecule has 1 aromatic rings. The van der Waals surface area contributed by atoms with Crippen molar-refractivity contribution in [2.24, 2.45) is 5.92 Å². The molecule has 0 radical (unpaired) electrons. The molecule has 1 saturated heterocycles. The molecule has 0 saturated carbocycles. The molecule has 0 spiro atoms. The molecule has 2 N–H and O–H groups in total. The summed E-state index contributed by atoms with van der Waals surface area (Å²) in [6.07, 6.45) is 3.57. The van der Waals surface area contributed by atoms with E-state index in [0.29, 0.717) is 6.04 Å². The zero-order chi connectivity index (χ0) is 14.4. The van der Waals surface area contributed by atoms with Crippen LogP contribution in [0.1, 0.15) is 19.8 Å². The molecule has 0 bridgehead atoms. The van der Waals surface area contributed by atoms with Gasteiger partial charge in [0.25, 0.3) is 0 Å². The Kier molecular flexibility index (Phi) is 10.1. The van der Waals surface area contributed by atoms with E-state index in [4.69, 9.17) is 0 Å². The SMILES string of the molecule is CNCC(C)C(=O)N1CCC(Nc2cccnn2)CC1.Cl.Cl. The lowest BCUT2D eigenvalue weighted by Gasteiger charge is -2.34. The first-order valence-corrected chi connectivity index (χ1v) is 7.18. The van der Waals surface area contributed by atoms with Gasteiger partial charge in [-0.1, -0.05) is 6.92 Å². The molecule has 8 heteroatoms. The maximum absolute atomic E-state index is 12.2. The molecule has 1 aromatic heterocycles. The van der Waals surface area contributed by atoms with Crippen molar-refractivity contribution < 1.29 is 4.79 Å². The van der Waals surface area contributed by atoms with Gasteiger partial charge in [0.2, 0.25) is 5.91 Å². The highest BCUT2D eigenvalue weighted by Gasteiger charge is 2.25. The van der Waals surface area contributed by atoms with Crippen molar-refractivity contribution in [3.05, 3.63) is 18.3 Å². The fourth-order valence-electron chi connectivity index (χ4n) is 2.54. The Bertz CT molecular complexity index is 427. The molecule has 0 aromatic carbocycles. The third kappa shape index (κ3) is 5.94. The zero-order valence-electron chi connectivity index (χ0n) is 13.0. The summed E-state index contributed by atoms with van der Waals surface area (Å²) in [5.74, 6) is 1.10. The maximum atomic E-state index is 12.2. The normalized spacial score (nSPS) is 16.2. The molecule has 1 atom stereocenters. The number of halogens is 2. The van der Waals surface area contributed by atoms with E-state index >= 15 is 0 Å². The van der Waals surface area contributed by atoms with Crippen molar-refractivity contribution in [2.45, 2.75) is 25.8 Å². The molecule has 6 nitrogen and oxygen atoms in total. The predicted molar refractivity (Wildman–Crippen MR) is 92.8 cm³/mol. The monoisotopic (exact) mass is 349 g/mol. The van der Waals surface area contributed by atoms with Crippen LogP contribution in [0, 0.1) is 5.92 Å². The number of carbonyl (C=O) groups is 1. The topological polar surface area (TPSA) is 70.2 Å². The molecule has 2 heterocycles. The van der Waals surface area contributed by atoms with Crippen LogP contribution >= 0.6 is 24.8 Å². The van der Waals surface area contributed by atoms with Gasteiger partial charge in [0.15, 0.2) is 0 Å². The van der Waals surface area contributed by atoms with Gasteiger partial charge >= 0.3 is 0 Å². The van der Waals surface area contributed by atoms with Crippen molar-refractivity contribution in [1.29, 1.82) is 0 Å². The number of piperidine rings is 1. The summed E-state index contributed by atoms with van der Waals surface area (Å²) in [4.78, 5) is 14.2. The molecule has 126 valence electrons. The lowest BCUT2D eigenvalue weighted by molar-refractivity contribution is -0.135. The molecule has 1 unspecified atom stereocenters. The van der Waals surface area contributed by atoms with Gasteiger partial charge in [-0.25, -0.2) is 0 Å². The minimum absolute atomic E-state index is 0. The van der Waals surface area contributed by atoms with E-state index < -0.39 is 0 Å². The van der Waals surface area contributed by atoms with E-state index in [1.807, 2.05) is 31.0 Å². The number of amides is 1. The van der Waals surface area contributed by atoms with Crippen molar-refractivity contribution in [1.82, 2.24) is 20.4 Å². The van der Waals surface area contributed by atoms with Gasteiger partial charge in [-0.05, 0) is 32.0 Å². The summed E-state index contributed by atoms with van der Waals surface area (Å²) in [6.45, 7) is 4.33. The second-order valence-electron chi connectivity index (χ2n) is 5.31. The first-order valence-electron chi connectivity index (χ1n) is 7.18. The number of hydrogen-bond acceptors (Lipinski definition) is 5. The molecule has 22 heavy (non-hydrogen) atoms. The molecular weight excluding hydrogens is 325 g/mol. The number of carbonyl (C=O) groups excluding carboxylic acids is 1. The van der Waals surface area contributed by atoms with Crippen molar-refractivity contribution in [2.75, 3.05) is 32.0 Å². The van der Waals surface area contributed by atoms with E-state index in [0.717, 1.165) is 38.3 Å². The van der Waals surface area contributed by atoms with Crippen LogP contribution in [0.25, 0.3) is 0 Å². The summed E-state index contributed by atoms with van der Waals surface area (Å²) in [6, 6.07) is 4.16. The van der Waals surface area contributed by atoms with Gasteiger partial charge in [0.05, 0.1) is 0 Å². The van der Waals surface area contributed by atoms with Crippen molar-refractivity contribution in [3.8, 4) is 0 Å². The van der Waals surface area contributed by atoms with Crippen LogP contribution in [0.4, 0.5) is 5.82 Å². The average molecular weight is 350 g/mol. The van der Waals surface area contributed by atoms with Gasteiger partial charge in [0, 0.05) is 37.8 Å². The van der Waals surface area contributed by atoms with Crippen LogP contribution in [0.2, 0.25) is 0 Å². The summed E-state index contributed by atoms with van der Waals surface area (Å²) in [5, 5.41) is 14.3. The Morgan fingerprint density at radius 1 is 1.41 bits per heavy atom. The van der Waals surface area contributed by atoms with Crippen LogP contribution in [0.5, 0.6) is 0 Å². The van der Waals surface area contributed by atoms with Crippen molar-refractivity contribution >= 4 is 36.5 Å². The summed E-state index contributed by atoms with van der Waals surface area (Å²) in [5.41, 5.74) is 0. The Labute approximate surface area is 144 Å². The first-order chi connectivity index (χ1) is 9.70. The van der Waals surface area contributed by atoms with E-state index in [1.165, 1.54) is 0 Å². The van der Waals surface area contributed by atoms with Gasteiger partial charge in [0.1, 0.15) is 5.82 Å². The smallest absolute Gasteiger partial charge is 0.226 e. The summed E-state index contributed by atoms with van der Waals surface area (Å²) in [7, 11) is 1.88.